The molecule has 2 aromatic carbocycles. The molecule has 8 N–H and O–H groups in total. The summed E-state index contributed by atoms with van der Waals surface area (Å²) in [5.41, 5.74) is 12.2. The Hall–Kier alpha value is -4.49. The van der Waals surface area contributed by atoms with Gasteiger partial charge in [-0.25, -0.2) is 9.98 Å². The standard InChI is InChI=1S/C29H34N8O5/c1-27(2,16-8-4-3-5-9-16)18-11-7-6-10-17(18)24(40)33-20-15-37-26(31)32-19(14-36-21(38)12-13-22(36)39)23-28(37,29(20,41)42)35-25(30)34-23/h3-11,19-20,23,41-42H,12-15H2,1-2H3,(H2,31,32)(H,33,40)(H3,30,34,35)/t19-,20?,23-,28-/m0/s1. The van der Waals surface area contributed by atoms with E-state index in [-0.39, 0.29) is 49.7 Å². The molecular formula is C29H34N8O5. The van der Waals surface area contributed by atoms with Crippen LogP contribution in [-0.4, -0.2) is 92.3 Å². The second-order valence-electron chi connectivity index (χ2n) is 11.7. The van der Waals surface area contributed by atoms with Gasteiger partial charge in [-0.2, -0.15) is 0 Å². The summed E-state index contributed by atoms with van der Waals surface area (Å²) in [5, 5.41) is 29.3. The van der Waals surface area contributed by atoms with E-state index in [2.05, 4.69) is 20.6 Å². The Balaban J connectivity index is 1.31. The monoisotopic (exact) mass is 574 g/mol. The lowest BCUT2D eigenvalue weighted by atomic mass is 9.76. The van der Waals surface area contributed by atoms with E-state index in [4.69, 9.17) is 11.5 Å². The number of guanidine groups is 2. The lowest BCUT2D eigenvalue weighted by molar-refractivity contribution is -0.230. The maximum absolute atomic E-state index is 13.8. The number of aliphatic hydroxyl groups is 2. The van der Waals surface area contributed by atoms with Crippen LogP contribution in [0.15, 0.2) is 64.6 Å². The number of nitrogens with one attached hydrogen (secondary N) is 2. The highest BCUT2D eigenvalue weighted by atomic mass is 16.5. The zero-order valence-electron chi connectivity index (χ0n) is 23.3. The molecule has 220 valence electrons. The van der Waals surface area contributed by atoms with Gasteiger partial charge in [-0.3, -0.25) is 19.3 Å². The fraction of sp³-hybridized carbons (Fsp3) is 0.414. The van der Waals surface area contributed by atoms with Crippen molar-refractivity contribution < 1.29 is 24.6 Å². The molecule has 13 nitrogen and oxygen atoms in total. The highest BCUT2D eigenvalue weighted by Crippen LogP contribution is 2.45. The SMILES string of the molecule is CC(C)(c1ccccc1)c1ccccc1C(=O)NC1CN2C(N)=N[C@@H](CN3C(=O)CCC3=O)[C@@H]3N=C(N)N[C@@]32C1(O)O. The third-order valence-electron chi connectivity index (χ3n) is 8.97. The molecule has 1 unspecified atom stereocenters. The van der Waals surface area contributed by atoms with Crippen LogP contribution in [0.2, 0.25) is 0 Å². The quantitative estimate of drug-likeness (QED) is 0.184. The molecule has 6 rings (SSSR count). The molecule has 42 heavy (non-hydrogen) atoms. The molecule has 4 aliphatic heterocycles. The van der Waals surface area contributed by atoms with Gasteiger partial charge in [0.1, 0.15) is 12.1 Å². The molecule has 2 aromatic rings. The summed E-state index contributed by atoms with van der Waals surface area (Å²) >= 11 is 0. The van der Waals surface area contributed by atoms with Gasteiger partial charge in [-0.05, 0) is 17.2 Å². The van der Waals surface area contributed by atoms with Crippen molar-refractivity contribution in [3.05, 3.63) is 71.3 Å². The molecule has 13 heteroatoms. The minimum Gasteiger partial charge on any atom is -0.370 e. The van der Waals surface area contributed by atoms with Gasteiger partial charge < -0.3 is 37.2 Å². The van der Waals surface area contributed by atoms with E-state index in [1.165, 1.54) is 4.90 Å². The molecule has 0 radical (unpaired) electrons. The number of carbonyl (C=O) groups excluding carboxylic acids is 3. The summed E-state index contributed by atoms with van der Waals surface area (Å²) in [6.45, 7) is 3.77. The average molecular weight is 575 g/mol. The highest BCUT2D eigenvalue weighted by Gasteiger charge is 2.73. The molecule has 1 spiro atoms. The van der Waals surface area contributed by atoms with Crippen molar-refractivity contribution in [1.29, 1.82) is 0 Å². The fourth-order valence-corrected chi connectivity index (χ4v) is 6.72. The molecule has 0 bridgehead atoms. The number of benzene rings is 2. The summed E-state index contributed by atoms with van der Waals surface area (Å²) in [7, 11) is 0. The summed E-state index contributed by atoms with van der Waals surface area (Å²) < 4.78 is 0. The first-order valence-corrected chi connectivity index (χ1v) is 13.8. The Bertz CT molecular complexity index is 1510. The predicted octanol–water partition coefficient (Wildman–Crippen LogP) is -1.06. The number of likely N-dealkylation sites (tertiary alicyclic amines) is 1. The number of carbonyl (C=O) groups is 3. The van der Waals surface area contributed by atoms with Crippen molar-refractivity contribution in [2.75, 3.05) is 13.1 Å². The molecule has 0 aliphatic carbocycles. The number of rotatable bonds is 6. The minimum atomic E-state index is -2.65. The lowest BCUT2D eigenvalue weighted by Crippen LogP contribution is -2.78. The van der Waals surface area contributed by atoms with Gasteiger partial charge in [-0.1, -0.05) is 62.4 Å². The summed E-state index contributed by atoms with van der Waals surface area (Å²) in [5.74, 6) is -4.01. The number of imide groups is 1. The van der Waals surface area contributed by atoms with Crippen LogP contribution in [-0.2, 0) is 15.0 Å². The Morgan fingerprint density at radius 3 is 2.38 bits per heavy atom. The van der Waals surface area contributed by atoms with E-state index in [0.717, 1.165) is 16.0 Å². The predicted molar refractivity (Wildman–Crippen MR) is 153 cm³/mol. The van der Waals surface area contributed by atoms with Crippen LogP contribution in [0.1, 0.15) is 48.2 Å². The van der Waals surface area contributed by atoms with Gasteiger partial charge in [0.2, 0.25) is 17.6 Å². The fourth-order valence-electron chi connectivity index (χ4n) is 6.72. The number of hydrogen-bond acceptors (Lipinski definition) is 11. The number of nitrogens with zero attached hydrogens (tertiary/aromatic N) is 4. The summed E-state index contributed by atoms with van der Waals surface area (Å²) in [4.78, 5) is 49.9. The molecule has 4 aliphatic rings. The molecule has 0 aromatic heterocycles. The van der Waals surface area contributed by atoms with Crippen molar-refractivity contribution in [2.45, 2.75) is 61.7 Å². The van der Waals surface area contributed by atoms with Gasteiger partial charge in [0.25, 0.3) is 5.91 Å². The van der Waals surface area contributed by atoms with Crippen molar-refractivity contribution in [3.8, 4) is 0 Å². The largest absolute Gasteiger partial charge is 0.370 e. The van der Waals surface area contributed by atoms with Crippen molar-refractivity contribution in [3.63, 3.8) is 0 Å². The number of hydrogen-bond donors (Lipinski definition) is 6. The molecule has 3 amide bonds. The van der Waals surface area contributed by atoms with E-state index in [1.54, 1.807) is 12.1 Å². The topological polar surface area (TPSA) is 199 Å². The number of aliphatic imine (C=N–C) groups is 2. The Morgan fingerprint density at radius 2 is 1.69 bits per heavy atom. The van der Waals surface area contributed by atoms with Gasteiger partial charge in [0, 0.05) is 30.4 Å². The Kier molecular flexibility index (Phi) is 6.28. The first kappa shape index (κ1) is 27.7. The zero-order chi connectivity index (χ0) is 30.0. The molecule has 4 atom stereocenters. The van der Waals surface area contributed by atoms with E-state index < -0.39 is 40.9 Å². The second kappa shape index (κ2) is 9.53. The number of amides is 3. The van der Waals surface area contributed by atoms with Crippen LogP contribution in [0.25, 0.3) is 0 Å². The molecule has 2 saturated heterocycles. The highest BCUT2D eigenvalue weighted by molar-refractivity contribution is 6.02. The van der Waals surface area contributed by atoms with Gasteiger partial charge in [0.15, 0.2) is 17.6 Å². The maximum Gasteiger partial charge on any atom is 0.252 e. The molecule has 0 saturated carbocycles. The van der Waals surface area contributed by atoms with Gasteiger partial charge >= 0.3 is 0 Å². The second-order valence-corrected chi connectivity index (χ2v) is 11.7. The van der Waals surface area contributed by atoms with Crippen molar-refractivity contribution in [2.24, 2.45) is 21.5 Å². The first-order chi connectivity index (χ1) is 19.9. The third-order valence-corrected chi connectivity index (χ3v) is 8.97. The van der Waals surface area contributed by atoms with Crippen molar-refractivity contribution in [1.82, 2.24) is 20.4 Å². The lowest BCUT2D eigenvalue weighted by Gasteiger charge is -2.49. The van der Waals surface area contributed by atoms with E-state index in [0.29, 0.717) is 5.56 Å². The Labute approximate surface area is 242 Å². The van der Waals surface area contributed by atoms with Crippen LogP contribution < -0.4 is 22.1 Å². The maximum atomic E-state index is 13.8. The van der Waals surface area contributed by atoms with E-state index >= 15 is 0 Å². The average Bonchev–Trinajstić information content (AvgIpc) is 3.56. The van der Waals surface area contributed by atoms with Gasteiger partial charge in [-0.15, -0.1) is 0 Å². The van der Waals surface area contributed by atoms with Gasteiger partial charge in [0.05, 0.1) is 12.6 Å². The first-order valence-electron chi connectivity index (χ1n) is 13.8. The van der Waals surface area contributed by atoms with Crippen LogP contribution in [0.4, 0.5) is 0 Å². The third kappa shape index (κ3) is 3.95. The molecule has 2 fully saturated rings. The van der Waals surface area contributed by atoms with Crippen molar-refractivity contribution >= 4 is 29.6 Å². The van der Waals surface area contributed by atoms with Crippen LogP contribution in [0.3, 0.4) is 0 Å². The van der Waals surface area contributed by atoms with Crippen LogP contribution >= 0.6 is 0 Å². The zero-order valence-corrected chi connectivity index (χ0v) is 23.3. The smallest absolute Gasteiger partial charge is 0.252 e. The van der Waals surface area contributed by atoms with Crippen LogP contribution in [0, 0.1) is 0 Å². The molecule has 4 heterocycles. The summed E-state index contributed by atoms with van der Waals surface area (Å²) in [6, 6.07) is 13.8. The van der Waals surface area contributed by atoms with Crippen LogP contribution in [0.5, 0.6) is 0 Å². The normalized spacial score (nSPS) is 28.1. The van der Waals surface area contributed by atoms with E-state index in [1.807, 2.05) is 56.3 Å². The van der Waals surface area contributed by atoms with E-state index in [9.17, 15) is 24.6 Å². The minimum absolute atomic E-state index is 0.0671. The summed E-state index contributed by atoms with van der Waals surface area (Å²) in [6.07, 6.45) is 0.188. The number of nitrogens with two attached hydrogens (primary N) is 2. The Morgan fingerprint density at radius 1 is 1.05 bits per heavy atom. The molecular weight excluding hydrogens is 540 g/mol.